The Kier molecular flexibility index (Phi) is 6.70. The van der Waals surface area contributed by atoms with Crippen molar-refractivity contribution in [2.24, 2.45) is 34.5 Å². The normalized spacial score (nSPS) is 33.5. The number of carbonyl (C=O) groups excluding carboxylic acids is 4. The van der Waals surface area contributed by atoms with Crippen molar-refractivity contribution in [1.82, 2.24) is 0 Å². The Morgan fingerprint density at radius 3 is 2.19 bits per heavy atom. The fourth-order valence-corrected chi connectivity index (χ4v) is 8.71. The van der Waals surface area contributed by atoms with Crippen molar-refractivity contribution in [1.29, 1.82) is 0 Å². The summed E-state index contributed by atoms with van der Waals surface area (Å²) >= 11 is 0. The van der Waals surface area contributed by atoms with Gasteiger partial charge in [-0.2, -0.15) is 0 Å². The van der Waals surface area contributed by atoms with Crippen LogP contribution in [0.15, 0.2) is 47.5 Å². The van der Waals surface area contributed by atoms with Crippen LogP contribution >= 0.6 is 0 Å². The third-order valence-electron chi connectivity index (χ3n) is 11.0. The summed E-state index contributed by atoms with van der Waals surface area (Å²) in [6, 6.07) is 10.9. The quantitative estimate of drug-likeness (QED) is 0.343. The minimum atomic E-state index is -2.60. The van der Waals surface area contributed by atoms with Crippen LogP contribution in [0.3, 0.4) is 0 Å². The number of hydrogen-bond donors (Lipinski definition) is 2. The maximum absolute atomic E-state index is 14.8. The molecule has 0 saturated heterocycles. The van der Waals surface area contributed by atoms with Crippen LogP contribution in [0.4, 0.5) is 0 Å². The Balaban J connectivity index is 1.92. The third kappa shape index (κ3) is 3.48. The predicted molar refractivity (Wildman–Crippen MR) is 162 cm³/mol. The Hall–Kier alpha value is -3.64. The van der Waals surface area contributed by atoms with Gasteiger partial charge in [0.2, 0.25) is 0 Å². The Labute approximate surface area is 247 Å². The number of benzene rings is 2. The van der Waals surface area contributed by atoms with E-state index < -0.39 is 57.3 Å². The topological polar surface area (TPSA) is 109 Å². The molecule has 3 aliphatic rings. The van der Waals surface area contributed by atoms with E-state index in [4.69, 9.17) is 0 Å². The summed E-state index contributed by atoms with van der Waals surface area (Å²) in [7, 11) is 0. The van der Waals surface area contributed by atoms with Gasteiger partial charge in [0.25, 0.3) is 0 Å². The van der Waals surface area contributed by atoms with Crippen LogP contribution in [0.1, 0.15) is 81.1 Å². The molecular weight excluding hydrogens is 528 g/mol. The van der Waals surface area contributed by atoms with Gasteiger partial charge in [-0.3, -0.25) is 19.2 Å². The molecular formula is C36H40O6. The second-order valence-electron chi connectivity index (χ2n) is 13.3. The molecule has 2 unspecified atom stereocenters. The SMILES string of the molecule is CC(=O)C1C(=O)[C@@]2(O)C(=O)C3C(=O)c4c(O)cccc4C(=Cc4ccc(C)c(C)c4)[C@@]3(C)[C@H](C)[C@@]2(C)C(C(C)C)=C1C. The molecule has 1 saturated carbocycles. The minimum Gasteiger partial charge on any atom is -0.507 e. The highest BCUT2D eigenvalue weighted by Crippen LogP contribution is 2.69. The van der Waals surface area contributed by atoms with Gasteiger partial charge in [-0.05, 0) is 73.4 Å². The summed E-state index contributed by atoms with van der Waals surface area (Å²) in [6.45, 7) is 16.5. The molecule has 0 radical (unpaired) electrons. The zero-order chi connectivity index (χ0) is 31.3. The first-order chi connectivity index (χ1) is 19.5. The molecule has 220 valence electrons. The number of Topliss-reactive ketones (excluding diaryl/α,β-unsaturated/α-hetero) is 4. The van der Waals surface area contributed by atoms with Crippen molar-refractivity contribution in [3.63, 3.8) is 0 Å². The minimum absolute atomic E-state index is 0.00462. The molecule has 0 amide bonds. The maximum atomic E-state index is 14.8. The lowest BCUT2D eigenvalue weighted by Gasteiger charge is -2.64. The van der Waals surface area contributed by atoms with Crippen LogP contribution in [0.5, 0.6) is 5.75 Å². The van der Waals surface area contributed by atoms with Gasteiger partial charge in [0.1, 0.15) is 17.5 Å². The molecule has 3 aliphatic carbocycles. The van der Waals surface area contributed by atoms with Gasteiger partial charge in [-0.25, -0.2) is 0 Å². The Bertz CT molecular complexity index is 1660. The summed E-state index contributed by atoms with van der Waals surface area (Å²) in [6.07, 6.45) is 1.97. The molecule has 0 spiro atoms. The average Bonchev–Trinajstić information content (AvgIpc) is 2.90. The number of carbonyl (C=O) groups is 4. The largest absolute Gasteiger partial charge is 0.507 e. The smallest absolute Gasteiger partial charge is 0.192 e. The van der Waals surface area contributed by atoms with Crippen LogP contribution in [0.25, 0.3) is 11.6 Å². The highest BCUT2D eigenvalue weighted by atomic mass is 16.3. The van der Waals surface area contributed by atoms with Crippen LogP contribution in [0.2, 0.25) is 0 Å². The van der Waals surface area contributed by atoms with Crippen LogP contribution in [-0.2, 0) is 14.4 Å². The van der Waals surface area contributed by atoms with Crippen LogP contribution in [-0.4, -0.2) is 38.9 Å². The summed E-state index contributed by atoms with van der Waals surface area (Å²) < 4.78 is 0. The van der Waals surface area contributed by atoms with Crippen molar-refractivity contribution < 1.29 is 29.4 Å². The molecule has 6 nitrogen and oxygen atoms in total. The molecule has 0 aliphatic heterocycles. The molecule has 2 aromatic rings. The number of aryl methyl sites for hydroxylation is 2. The fourth-order valence-electron chi connectivity index (χ4n) is 8.71. The van der Waals surface area contributed by atoms with Crippen molar-refractivity contribution in [3.05, 3.63) is 75.4 Å². The number of phenolic OH excluding ortho intramolecular Hbond substituents is 1. The van der Waals surface area contributed by atoms with Crippen LogP contribution < -0.4 is 0 Å². The van der Waals surface area contributed by atoms with E-state index in [1.54, 1.807) is 26.0 Å². The highest BCUT2D eigenvalue weighted by Gasteiger charge is 2.76. The molecule has 6 atom stereocenters. The Morgan fingerprint density at radius 2 is 1.62 bits per heavy atom. The van der Waals surface area contributed by atoms with E-state index >= 15 is 0 Å². The van der Waals surface area contributed by atoms with E-state index in [1.807, 2.05) is 65.8 Å². The summed E-state index contributed by atoms with van der Waals surface area (Å²) in [5.41, 5.74) is 0.382. The van der Waals surface area contributed by atoms with E-state index in [1.165, 1.54) is 13.0 Å². The number of rotatable bonds is 3. The number of phenols is 1. The van der Waals surface area contributed by atoms with Crippen molar-refractivity contribution >= 4 is 34.8 Å². The van der Waals surface area contributed by atoms with E-state index in [-0.39, 0.29) is 17.2 Å². The van der Waals surface area contributed by atoms with Gasteiger partial charge in [0, 0.05) is 10.8 Å². The number of allylic oxidation sites excluding steroid dienone is 2. The van der Waals surface area contributed by atoms with Gasteiger partial charge in [-0.1, -0.05) is 82.2 Å². The van der Waals surface area contributed by atoms with Gasteiger partial charge in [-0.15, -0.1) is 0 Å². The first kappa shape index (κ1) is 29.8. The van der Waals surface area contributed by atoms with Crippen LogP contribution in [0, 0.1) is 48.3 Å². The number of hydrogen-bond acceptors (Lipinski definition) is 6. The second-order valence-corrected chi connectivity index (χ2v) is 13.3. The van der Waals surface area contributed by atoms with Gasteiger partial charge in [0.05, 0.1) is 11.5 Å². The van der Waals surface area contributed by atoms with E-state index in [9.17, 15) is 29.4 Å². The monoisotopic (exact) mass is 568 g/mol. The van der Waals surface area contributed by atoms with Gasteiger partial charge >= 0.3 is 0 Å². The fraction of sp³-hybridized carbons (Fsp3) is 0.444. The highest BCUT2D eigenvalue weighted by molar-refractivity contribution is 6.29. The number of aliphatic hydroxyl groups is 1. The van der Waals surface area contributed by atoms with Gasteiger partial charge in [0.15, 0.2) is 23.0 Å². The lowest BCUT2D eigenvalue weighted by molar-refractivity contribution is -0.189. The molecule has 0 heterocycles. The molecule has 5 rings (SSSR count). The maximum Gasteiger partial charge on any atom is 0.192 e. The van der Waals surface area contributed by atoms with Gasteiger partial charge < -0.3 is 10.2 Å². The molecule has 42 heavy (non-hydrogen) atoms. The summed E-state index contributed by atoms with van der Waals surface area (Å²) in [4.78, 5) is 56.2. The van der Waals surface area contributed by atoms with E-state index in [2.05, 4.69) is 0 Å². The zero-order valence-corrected chi connectivity index (χ0v) is 25.9. The molecule has 0 bridgehead atoms. The Morgan fingerprint density at radius 1 is 0.976 bits per heavy atom. The van der Waals surface area contributed by atoms with Crippen molar-refractivity contribution in [2.75, 3.05) is 0 Å². The summed E-state index contributed by atoms with van der Waals surface area (Å²) in [5.74, 6) is -6.65. The first-order valence-electron chi connectivity index (χ1n) is 14.7. The standard InChI is InChI=1S/C36H40O6/c1-17(2)29-20(5)27(21(6)37)32(40)36(42)33(41)30-31(39)28-24(11-10-12-26(28)38)25(34(30,8)22(7)35(29,36)9)16-23-14-13-18(3)19(4)15-23/h10-17,22,27,30,38,42H,1-9H3/t22-,27?,30?,34+,35-,36+/m0/s1. The van der Waals surface area contributed by atoms with Crippen molar-refractivity contribution in [2.45, 2.75) is 67.9 Å². The molecule has 6 heteroatoms. The number of fused-ring (bicyclic) bond motifs is 3. The lowest BCUT2D eigenvalue weighted by Crippen LogP contribution is -2.75. The first-order valence-corrected chi connectivity index (χ1v) is 14.7. The predicted octanol–water partition coefficient (Wildman–Crippen LogP) is 6.09. The molecule has 1 fully saturated rings. The molecule has 0 aromatic heterocycles. The van der Waals surface area contributed by atoms with Crippen molar-refractivity contribution in [3.8, 4) is 5.75 Å². The van der Waals surface area contributed by atoms with E-state index in [0.29, 0.717) is 22.3 Å². The third-order valence-corrected chi connectivity index (χ3v) is 11.0. The zero-order valence-electron chi connectivity index (χ0n) is 25.9. The second kappa shape index (κ2) is 9.43. The number of ketones is 4. The van der Waals surface area contributed by atoms with E-state index in [0.717, 1.165) is 16.7 Å². The summed E-state index contributed by atoms with van der Waals surface area (Å²) in [5, 5.41) is 23.5. The number of aromatic hydroxyl groups is 1. The lowest BCUT2D eigenvalue weighted by atomic mass is 9.37. The average molecular weight is 569 g/mol. The molecule has 2 N–H and O–H groups in total. The molecule has 2 aromatic carbocycles.